The molecule has 0 atom stereocenters. The van der Waals surface area contributed by atoms with E-state index in [1.807, 2.05) is 30.3 Å². The number of aryl methyl sites for hydroxylation is 2. The first-order valence-corrected chi connectivity index (χ1v) is 9.22. The summed E-state index contributed by atoms with van der Waals surface area (Å²) >= 11 is 1.51. The molecule has 3 nitrogen and oxygen atoms in total. The van der Waals surface area contributed by atoms with Gasteiger partial charge in [-0.3, -0.25) is 4.79 Å². The third-order valence-corrected chi connectivity index (χ3v) is 5.36. The van der Waals surface area contributed by atoms with Crippen LogP contribution in [0.3, 0.4) is 0 Å². The van der Waals surface area contributed by atoms with Crippen LogP contribution in [0.4, 0.5) is 5.00 Å². The van der Waals surface area contributed by atoms with Gasteiger partial charge in [0.15, 0.2) is 0 Å². The maximum atomic E-state index is 12.8. The van der Waals surface area contributed by atoms with E-state index in [1.165, 1.54) is 16.9 Å². The molecule has 0 aliphatic heterocycles. The van der Waals surface area contributed by atoms with Crippen LogP contribution in [-0.2, 0) is 13.0 Å². The molecule has 0 bridgehead atoms. The van der Waals surface area contributed by atoms with Crippen LogP contribution in [0.5, 0.6) is 0 Å². The lowest BCUT2D eigenvalue weighted by atomic mass is 9.98. The van der Waals surface area contributed by atoms with Crippen molar-refractivity contribution in [1.82, 2.24) is 5.32 Å². The Bertz CT molecular complexity index is 867. The van der Waals surface area contributed by atoms with Crippen molar-refractivity contribution in [3.05, 3.63) is 76.2 Å². The van der Waals surface area contributed by atoms with Crippen LogP contribution < -0.4 is 11.1 Å². The molecule has 0 spiro atoms. The highest BCUT2D eigenvalue weighted by Crippen LogP contribution is 2.39. The Labute approximate surface area is 152 Å². The molecular formula is C21H22N2OS. The lowest BCUT2D eigenvalue weighted by molar-refractivity contribution is 0.0953. The molecule has 3 rings (SSSR count). The molecule has 0 aliphatic carbocycles. The molecule has 1 heterocycles. The predicted octanol–water partition coefficient (Wildman–Crippen LogP) is 4.80. The first-order chi connectivity index (χ1) is 12.1. The Balaban J connectivity index is 1.93. The third kappa shape index (κ3) is 3.74. The first-order valence-electron chi connectivity index (χ1n) is 8.40. The highest BCUT2D eigenvalue weighted by atomic mass is 32.1. The minimum Gasteiger partial charge on any atom is -0.390 e. The van der Waals surface area contributed by atoms with Gasteiger partial charge >= 0.3 is 0 Å². The van der Waals surface area contributed by atoms with Gasteiger partial charge in [0.05, 0.1) is 10.6 Å². The van der Waals surface area contributed by atoms with E-state index in [0.717, 1.165) is 28.0 Å². The fourth-order valence-electron chi connectivity index (χ4n) is 2.86. The summed E-state index contributed by atoms with van der Waals surface area (Å²) in [5.74, 6) is -0.118. The number of amides is 1. The van der Waals surface area contributed by atoms with Crippen molar-refractivity contribution in [3.63, 3.8) is 0 Å². The number of anilines is 1. The van der Waals surface area contributed by atoms with Gasteiger partial charge < -0.3 is 11.1 Å². The van der Waals surface area contributed by atoms with Crippen LogP contribution >= 0.6 is 11.3 Å². The Morgan fingerprint density at radius 1 is 1.08 bits per heavy atom. The van der Waals surface area contributed by atoms with Gasteiger partial charge in [0.2, 0.25) is 0 Å². The van der Waals surface area contributed by atoms with Gasteiger partial charge in [-0.05, 0) is 24.5 Å². The van der Waals surface area contributed by atoms with E-state index in [-0.39, 0.29) is 5.91 Å². The number of benzene rings is 2. The molecule has 0 radical (unpaired) electrons. The number of hydrogen-bond donors (Lipinski definition) is 2. The van der Waals surface area contributed by atoms with E-state index in [4.69, 9.17) is 5.73 Å². The quantitative estimate of drug-likeness (QED) is 0.694. The molecule has 1 aromatic heterocycles. The minimum absolute atomic E-state index is 0.118. The summed E-state index contributed by atoms with van der Waals surface area (Å²) in [4.78, 5) is 14.0. The molecule has 3 aromatic rings. The second-order valence-corrected chi connectivity index (χ2v) is 7.16. The molecule has 0 aliphatic rings. The molecule has 4 heteroatoms. The SMILES string of the molecule is CCc1sc(N)c(C(=O)NCc2ccccc2)c1-c1ccc(C)cc1. The Hall–Kier alpha value is -2.59. The van der Waals surface area contributed by atoms with Crippen molar-refractivity contribution in [3.8, 4) is 11.1 Å². The average Bonchev–Trinajstić information content (AvgIpc) is 2.97. The average molecular weight is 350 g/mol. The van der Waals surface area contributed by atoms with Gasteiger partial charge in [0, 0.05) is 17.0 Å². The van der Waals surface area contributed by atoms with Gasteiger partial charge in [0.25, 0.3) is 5.91 Å². The second-order valence-electron chi connectivity index (χ2n) is 6.03. The summed E-state index contributed by atoms with van der Waals surface area (Å²) in [7, 11) is 0. The fourth-order valence-corrected chi connectivity index (χ4v) is 3.89. The number of carbonyl (C=O) groups is 1. The summed E-state index contributed by atoms with van der Waals surface area (Å²) < 4.78 is 0. The zero-order valence-electron chi connectivity index (χ0n) is 14.5. The summed E-state index contributed by atoms with van der Waals surface area (Å²) in [5.41, 5.74) is 11.1. The monoisotopic (exact) mass is 350 g/mol. The number of nitrogen functional groups attached to an aromatic ring is 1. The normalized spacial score (nSPS) is 10.6. The molecule has 128 valence electrons. The Morgan fingerprint density at radius 2 is 1.76 bits per heavy atom. The molecule has 0 fully saturated rings. The van der Waals surface area contributed by atoms with E-state index in [2.05, 4.69) is 43.4 Å². The van der Waals surface area contributed by atoms with E-state index >= 15 is 0 Å². The van der Waals surface area contributed by atoms with Crippen LogP contribution in [0.1, 0.15) is 33.3 Å². The Kier molecular flexibility index (Phi) is 5.19. The van der Waals surface area contributed by atoms with Crippen molar-refractivity contribution < 1.29 is 4.79 Å². The van der Waals surface area contributed by atoms with E-state index in [1.54, 1.807) is 0 Å². The van der Waals surface area contributed by atoms with Crippen LogP contribution in [0.15, 0.2) is 54.6 Å². The first kappa shape index (κ1) is 17.2. The van der Waals surface area contributed by atoms with Gasteiger partial charge in [-0.25, -0.2) is 0 Å². The molecule has 3 N–H and O–H groups in total. The Morgan fingerprint density at radius 3 is 2.40 bits per heavy atom. The molecule has 0 saturated carbocycles. The van der Waals surface area contributed by atoms with Crippen LogP contribution in [0, 0.1) is 6.92 Å². The molecule has 2 aromatic carbocycles. The molecular weight excluding hydrogens is 328 g/mol. The zero-order chi connectivity index (χ0) is 17.8. The van der Waals surface area contributed by atoms with Gasteiger partial charge in [-0.2, -0.15) is 0 Å². The number of hydrogen-bond acceptors (Lipinski definition) is 3. The molecule has 25 heavy (non-hydrogen) atoms. The molecule has 0 unspecified atom stereocenters. The summed E-state index contributed by atoms with van der Waals surface area (Å²) in [5, 5.41) is 3.58. The highest BCUT2D eigenvalue weighted by molar-refractivity contribution is 7.17. The van der Waals surface area contributed by atoms with E-state index in [9.17, 15) is 4.79 Å². The zero-order valence-corrected chi connectivity index (χ0v) is 15.3. The number of carbonyl (C=O) groups excluding carboxylic acids is 1. The van der Waals surface area contributed by atoms with Gasteiger partial charge in [-0.15, -0.1) is 11.3 Å². The second kappa shape index (κ2) is 7.53. The van der Waals surface area contributed by atoms with Crippen LogP contribution in [0.2, 0.25) is 0 Å². The fraction of sp³-hybridized carbons (Fsp3) is 0.190. The maximum absolute atomic E-state index is 12.8. The number of rotatable bonds is 5. The van der Waals surface area contributed by atoms with Crippen molar-refractivity contribution in [2.75, 3.05) is 5.73 Å². The smallest absolute Gasteiger partial charge is 0.255 e. The van der Waals surface area contributed by atoms with Crippen molar-refractivity contribution in [2.45, 2.75) is 26.8 Å². The predicted molar refractivity (Wildman–Crippen MR) is 106 cm³/mol. The summed E-state index contributed by atoms with van der Waals surface area (Å²) in [6.07, 6.45) is 0.851. The van der Waals surface area contributed by atoms with Crippen molar-refractivity contribution in [2.24, 2.45) is 0 Å². The van der Waals surface area contributed by atoms with Crippen LogP contribution in [0.25, 0.3) is 11.1 Å². The summed E-state index contributed by atoms with van der Waals surface area (Å²) in [6, 6.07) is 18.1. The number of nitrogens with two attached hydrogens (primary N) is 1. The summed E-state index contributed by atoms with van der Waals surface area (Å²) in [6.45, 7) is 4.64. The lowest BCUT2D eigenvalue weighted by Crippen LogP contribution is -2.23. The van der Waals surface area contributed by atoms with Crippen molar-refractivity contribution >= 4 is 22.2 Å². The van der Waals surface area contributed by atoms with Gasteiger partial charge in [-0.1, -0.05) is 67.1 Å². The van der Waals surface area contributed by atoms with Crippen molar-refractivity contribution in [1.29, 1.82) is 0 Å². The van der Waals surface area contributed by atoms with E-state index in [0.29, 0.717) is 17.1 Å². The van der Waals surface area contributed by atoms with Crippen LogP contribution in [-0.4, -0.2) is 5.91 Å². The standard InChI is InChI=1S/C21H22N2OS/c1-3-17-18(16-11-9-14(2)10-12-16)19(20(22)25-17)21(24)23-13-15-7-5-4-6-8-15/h4-12H,3,13,22H2,1-2H3,(H,23,24). The molecule has 0 saturated heterocycles. The van der Waals surface area contributed by atoms with E-state index < -0.39 is 0 Å². The topological polar surface area (TPSA) is 55.1 Å². The largest absolute Gasteiger partial charge is 0.390 e. The minimum atomic E-state index is -0.118. The van der Waals surface area contributed by atoms with Gasteiger partial charge in [0.1, 0.15) is 0 Å². The number of nitrogens with one attached hydrogen (secondary N) is 1. The third-order valence-electron chi connectivity index (χ3n) is 4.19. The lowest BCUT2D eigenvalue weighted by Gasteiger charge is -2.10. The molecule has 1 amide bonds. The maximum Gasteiger partial charge on any atom is 0.255 e. The highest BCUT2D eigenvalue weighted by Gasteiger charge is 2.22. The number of thiophene rings is 1.